The molecule has 0 radical (unpaired) electrons. The van der Waals surface area contributed by atoms with Gasteiger partial charge in [0.05, 0.1) is 6.26 Å². The average Bonchev–Trinajstić information content (AvgIpc) is 3.44. The van der Waals surface area contributed by atoms with Gasteiger partial charge in [-0.2, -0.15) is 0 Å². The van der Waals surface area contributed by atoms with E-state index in [2.05, 4.69) is 30.9 Å². The van der Waals surface area contributed by atoms with Gasteiger partial charge < -0.3 is 19.3 Å². The van der Waals surface area contributed by atoms with Gasteiger partial charge in [0.1, 0.15) is 0 Å². The maximum atomic E-state index is 13.4. The minimum Gasteiger partial charge on any atom is -0.481 e. The van der Waals surface area contributed by atoms with E-state index < -0.39 is 5.97 Å². The summed E-state index contributed by atoms with van der Waals surface area (Å²) in [4.78, 5) is 29.1. The van der Waals surface area contributed by atoms with Crippen molar-refractivity contribution in [2.45, 2.75) is 84.1 Å². The number of amides is 1. The Morgan fingerprint density at radius 2 is 1.81 bits per heavy atom. The Labute approximate surface area is 215 Å². The van der Waals surface area contributed by atoms with Crippen molar-refractivity contribution < 1.29 is 19.1 Å². The van der Waals surface area contributed by atoms with Gasteiger partial charge in [-0.25, -0.2) is 0 Å². The molecule has 4 rings (SSSR count). The van der Waals surface area contributed by atoms with E-state index >= 15 is 0 Å². The summed E-state index contributed by atoms with van der Waals surface area (Å²) in [5.74, 6) is 0.0646. The number of benzene rings is 1. The number of carboxylic acids is 1. The summed E-state index contributed by atoms with van der Waals surface area (Å²) in [6.07, 6.45) is 11.9. The van der Waals surface area contributed by atoms with Gasteiger partial charge in [0.2, 0.25) is 0 Å². The summed E-state index contributed by atoms with van der Waals surface area (Å²) in [7, 11) is 0. The highest BCUT2D eigenvalue weighted by Crippen LogP contribution is 2.47. The van der Waals surface area contributed by atoms with Crippen molar-refractivity contribution in [3.05, 3.63) is 54.0 Å². The first kappa shape index (κ1) is 26.5. The number of carbonyl (C=O) groups is 2. The molecule has 0 bridgehead atoms. The van der Waals surface area contributed by atoms with Crippen LogP contribution in [-0.2, 0) is 4.79 Å². The lowest BCUT2D eigenvalue weighted by atomic mass is 9.63. The standard InChI is InChI=1S/C30H42N2O4/c1-23-8-11-25(12-9-23)32(29(35)27-7-6-22-36-27)26-14-19-31(20-15-26)21-18-30(16-4-3-5-17-30)24(2)10-13-28(33)34/h6-9,11-12,22,24,26H,3-5,10,13-21H2,1-2H3,(H,33,34). The number of hydrogen-bond acceptors (Lipinski definition) is 4. The number of carboxylic acid groups (broad SMARTS) is 1. The van der Waals surface area contributed by atoms with Crippen LogP contribution in [0.15, 0.2) is 47.1 Å². The summed E-state index contributed by atoms with van der Waals surface area (Å²) in [6, 6.07) is 11.8. The molecule has 1 saturated carbocycles. The number of furan rings is 1. The number of nitrogens with zero attached hydrogens (tertiary/aromatic N) is 2. The van der Waals surface area contributed by atoms with E-state index in [9.17, 15) is 14.7 Å². The SMILES string of the molecule is Cc1ccc(N(C(=O)c2ccco2)C2CCN(CCC3(C(C)CCC(=O)O)CCCCC3)CC2)cc1. The zero-order valence-corrected chi connectivity index (χ0v) is 22.0. The predicted octanol–water partition coefficient (Wildman–Crippen LogP) is 6.54. The number of aryl methyl sites for hydroxylation is 1. The van der Waals surface area contributed by atoms with Gasteiger partial charge in [0.25, 0.3) is 5.91 Å². The number of likely N-dealkylation sites (tertiary alicyclic amines) is 1. The Kier molecular flexibility index (Phi) is 8.89. The molecule has 1 saturated heterocycles. The molecule has 1 aliphatic carbocycles. The van der Waals surface area contributed by atoms with Crippen LogP contribution in [0, 0.1) is 18.3 Å². The van der Waals surface area contributed by atoms with Gasteiger partial charge in [0, 0.05) is 31.2 Å². The van der Waals surface area contributed by atoms with Crippen molar-refractivity contribution in [2.24, 2.45) is 11.3 Å². The second-order valence-electron chi connectivity index (χ2n) is 11.1. The van der Waals surface area contributed by atoms with Gasteiger partial charge in [-0.05, 0) is 87.6 Å². The van der Waals surface area contributed by atoms with Crippen molar-refractivity contribution in [2.75, 3.05) is 24.5 Å². The normalized spacial score (nSPS) is 19.6. The molecule has 1 aliphatic heterocycles. The van der Waals surface area contributed by atoms with Gasteiger partial charge in [-0.15, -0.1) is 0 Å². The van der Waals surface area contributed by atoms with Gasteiger partial charge in [0.15, 0.2) is 5.76 Å². The second kappa shape index (κ2) is 12.1. The van der Waals surface area contributed by atoms with E-state index in [1.54, 1.807) is 18.4 Å². The zero-order chi connectivity index (χ0) is 25.5. The average molecular weight is 495 g/mol. The van der Waals surface area contributed by atoms with Gasteiger partial charge in [-0.1, -0.05) is 43.9 Å². The van der Waals surface area contributed by atoms with E-state index in [-0.39, 0.29) is 23.8 Å². The lowest BCUT2D eigenvalue weighted by molar-refractivity contribution is -0.137. The molecule has 1 atom stereocenters. The van der Waals surface area contributed by atoms with E-state index in [4.69, 9.17) is 4.42 Å². The molecule has 2 aromatic rings. The Bertz CT molecular complexity index is 971. The van der Waals surface area contributed by atoms with Crippen LogP contribution in [0.5, 0.6) is 0 Å². The van der Waals surface area contributed by atoms with Gasteiger partial charge in [-0.3, -0.25) is 9.59 Å². The van der Waals surface area contributed by atoms with Crippen molar-refractivity contribution >= 4 is 17.6 Å². The van der Waals surface area contributed by atoms with Crippen LogP contribution in [0.25, 0.3) is 0 Å². The highest BCUT2D eigenvalue weighted by molar-refractivity contribution is 6.04. The number of rotatable bonds is 10. The van der Waals surface area contributed by atoms with Crippen molar-refractivity contribution in [3.63, 3.8) is 0 Å². The molecule has 0 spiro atoms. The number of aliphatic carboxylic acids is 1. The third-order valence-corrected chi connectivity index (χ3v) is 8.80. The van der Waals surface area contributed by atoms with Gasteiger partial charge >= 0.3 is 5.97 Å². The molecule has 2 aliphatic rings. The molecule has 1 aromatic heterocycles. The molecule has 6 heteroatoms. The Morgan fingerprint density at radius 3 is 2.42 bits per heavy atom. The van der Waals surface area contributed by atoms with Crippen LogP contribution < -0.4 is 4.90 Å². The topological polar surface area (TPSA) is 74.0 Å². The van der Waals surface area contributed by atoms with E-state index in [1.165, 1.54) is 37.7 Å². The number of carbonyl (C=O) groups excluding carboxylic acids is 1. The smallest absolute Gasteiger partial charge is 0.303 e. The first-order valence-electron chi connectivity index (χ1n) is 13.8. The third kappa shape index (κ3) is 6.39. The Morgan fingerprint density at radius 1 is 1.11 bits per heavy atom. The zero-order valence-electron chi connectivity index (χ0n) is 22.0. The Balaban J connectivity index is 1.39. The summed E-state index contributed by atoms with van der Waals surface area (Å²) in [5.41, 5.74) is 2.37. The Hall–Kier alpha value is -2.60. The van der Waals surface area contributed by atoms with E-state index in [1.807, 2.05) is 17.0 Å². The fourth-order valence-electron chi connectivity index (χ4n) is 6.39. The predicted molar refractivity (Wildman–Crippen MR) is 142 cm³/mol. The molecule has 1 N–H and O–H groups in total. The molecular weight excluding hydrogens is 452 g/mol. The third-order valence-electron chi connectivity index (χ3n) is 8.80. The van der Waals surface area contributed by atoms with Crippen LogP contribution in [-0.4, -0.2) is 47.6 Å². The molecule has 2 heterocycles. The fourth-order valence-corrected chi connectivity index (χ4v) is 6.39. The highest BCUT2D eigenvalue weighted by atomic mass is 16.4. The van der Waals surface area contributed by atoms with E-state index in [0.717, 1.165) is 51.0 Å². The molecule has 6 nitrogen and oxygen atoms in total. The van der Waals surface area contributed by atoms with Crippen molar-refractivity contribution in [1.29, 1.82) is 0 Å². The largest absolute Gasteiger partial charge is 0.481 e. The lowest BCUT2D eigenvalue weighted by Gasteiger charge is -2.45. The number of hydrogen-bond donors (Lipinski definition) is 1. The summed E-state index contributed by atoms with van der Waals surface area (Å²) in [6.45, 7) is 7.33. The maximum absolute atomic E-state index is 13.4. The molecule has 1 amide bonds. The molecular formula is C30H42N2O4. The molecule has 1 aromatic carbocycles. The summed E-state index contributed by atoms with van der Waals surface area (Å²) < 4.78 is 5.47. The lowest BCUT2D eigenvalue weighted by Crippen LogP contribution is -2.48. The highest BCUT2D eigenvalue weighted by Gasteiger charge is 2.38. The van der Waals surface area contributed by atoms with Crippen LogP contribution in [0.2, 0.25) is 0 Å². The minimum absolute atomic E-state index is 0.0734. The molecule has 36 heavy (non-hydrogen) atoms. The fraction of sp³-hybridized carbons (Fsp3) is 0.600. The van der Waals surface area contributed by atoms with Crippen molar-refractivity contribution in [1.82, 2.24) is 4.90 Å². The van der Waals surface area contributed by atoms with Crippen molar-refractivity contribution in [3.8, 4) is 0 Å². The number of anilines is 1. The summed E-state index contributed by atoms with van der Waals surface area (Å²) >= 11 is 0. The first-order chi connectivity index (χ1) is 17.4. The molecule has 1 unspecified atom stereocenters. The van der Waals surface area contributed by atoms with Crippen LogP contribution in [0.4, 0.5) is 5.69 Å². The van der Waals surface area contributed by atoms with Crippen LogP contribution in [0.1, 0.15) is 87.3 Å². The first-order valence-corrected chi connectivity index (χ1v) is 13.8. The van der Waals surface area contributed by atoms with E-state index in [0.29, 0.717) is 11.7 Å². The number of piperidine rings is 1. The monoisotopic (exact) mass is 494 g/mol. The maximum Gasteiger partial charge on any atom is 0.303 e. The summed E-state index contributed by atoms with van der Waals surface area (Å²) in [5, 5.41) is 9.20. The second-order valence-corrected chi connectivity index (χ2v) is 11.1. The van der Waals surface area contributed by atoms with Crippen LogP contribution >= 0.6 is 0 Å². The minimum atomic E-state index is -0.683. The quantitative estimate of drug-likeness (QED) is 0.406. The molecule has 2 fully saturated rings. The molecule has 196 valence electrons. The van der Waals surface area contributed by atoms with Crippen LogP contribution in [0.3, 0.4) is 0 Å².